The van der Waals surface area contributed by atoms with Crippen LogP contribution in [0.2, 0.25) is 0 Å². The minimum atomic E-state index is -0.238. The first-order valence-corrected chi connectivity index (χ1v) is 10.7. The topological polar surface area (TPSA) is 67.2 Å². The van der Waals surface area contributed by atoms with Crippen molar-refractivity contribution in [2.75, 3.05) is 17.3 Å². The predicted octanol–water partition coefficient (Wildman–Crippen LogP) is 5.14. The van der Waals surface area contributed by atoms with Gasteiger partial charge in [0.2, 0.25) is 5.91 Å². The fraction of sp³-hybridized carbons (Fsp3) is 0.148. The zero-order chi connectivity index (χ0) is 23.4. The molecular weight excluding hydrogens is 412 g/mol. The van der Waals surface area contributed by atoms with Crippen LogP contribution in [0.1, 0.15) is 28.4 Å². The van der Waals surface area contributed by atoms with Gasteiger partial charge in [0.05, 0.1) is 12.1 Å². The Morgan fingerprint density at radius 3 is 2.24 bits per heavy atom. The van der Waals surface area contributed by atoms with Crippen LogP contribution in [0, 0.1) is 6.92 Å². The Kier molecular flexibility index (Phi) is 6.36. The highest BCUT2D eigenvalue weighted by atomic mass is 16.2. The summed E-state index contributed by atoms with van der Waals surface area (Å²) >= 11 is 0. The van der Waals surface area contributed by atoms with E-state index in [1.807, 2.05) is 61.5 Å². The first kappa shape index (κ1) is 22.0. The molecule has 1 N–H and O–H groups in total. The van der Waals surface area contributed by atoms with Crippen molar-refractivity contribution in [3.63, 3.8) is 0 Å². The summed E-state index contributed by atoms with van der Waals surface area (Å²) in [5.41, 5.74) is 5.67. The molecule has 6 heteroatoms. The van der Waals surface area contributed by atoms with Crippen molar-refractivity contribution >= 4 is 23.2 Å². The van der Waals surface area contributed by atoms with E-state index in [0.717, 1.165) is 22.4 Å². The number of anilines is 2. The maximum atomic E-state index is 13.2. The molecule has 1 heterocycles. The maximum absolute atomic E-state index is 13.2. The van der Waals surface area contributed by atoms with Gasteiger partial charge in [-0.05, 0) is 36.8 Å². The van der Waals surface area contributed by atoms with E-state index in [1.165, 1.54) is 6.92 Å². The maximum Gasteiger partial charge on any atom is 0.259 e. The molecule has 33 heavy (non-hydrogen) atoms. The highest BCUT2D eigenvalue weighted by molar-refractivity contribution is 6.08. The van der Waals surface area contributed by atoms with E-state index >= 15 is 0 Å². The van der Waals surface area contributed by atoms with Gasteiger partial charge in [0.25, 0.3) is 5.91 Å². The summed E-state index contributed by atoms with van der Waals surface area (Å²) in [6.45, 7) is 4.10. The molecule has 0 aliphatic carbocycles. The molecule has 6 nitrogen and oxygen atoms in total. The van der Waals surface area contributed by atoms with E-state index in [0.29, 0.717) is 23.5 Å². The number of carbonyl (C=O) groups is 2. The largest absolute Gasteiger partial charge is 0.322 e. The summed E-state index contributed by atoms with van der Waals surface area (Å²) < 4.78 is 1.80. The van der Waals surface area contributed by atoms with Gasteiger partial charge in [0.1, 0.15) is 5.69 Å². The van der Waals surface area contributed by atoms with Crippen molar-refractivity contribution in [3.05, 3.63) is 102 Å². The minimum Gasteiger partial charge on any atom is -0.322 e. The van der Waals surface area contributed by atoms with Crippen molar-refractivity contribution in [2.24, 2.45) is 0 Å². The fourth-order valence-electron chi connectivity index (χ4n) is 3.51. The third kappa shape index (κ3) is 5.18. The van der Waals surface area contributed by atoms with E-state index < -0.39 is 0 Å². The molecule has 3 aromatic carbocycles. The summed E-state index contributed by atoms with van der Waals surface area (Å²) in [6, 6.07) is 25.2. The Bertz CT molecular complexity index is 1260. The third-order valence-electron chi connectivity index (χ3n) is 5.50. The van der Waals surface area contributed by atoms with E-state index in [1.54, 1.807) is 47.1 Å². The van der Waals surface area contributed by atoms with Crippen molar-refractivity contribution in [2.45, 2.75) is 20.4 Å². The van der Waals surface area contributed by atoms with Gasteiger partial charge < -0.3 is 10.2 Å². The van der Waals surface area contributed by atoms with E-state index in [-0.39, 0.29) is 11.8 Å². The van der Waals surface area contributed by atoms with Gasteiger partial charge in [-0.25, -0.2) is 0 Å². The Labute approximate surface area is 193 Å². The van der Waals surface area contributed by atoms with Crippen molar-refractivity contribution in [1.29, 1.82) is 0 Å². The molecule has 0 fully saturated rings. The third-order valence-corrected chi connectivity index (χ3v) is 5.50. The first-order chi connectivity index (χ1) is 15.9. The molecule has 0 saturated carbocycles. The highest BCUT2D eigenvalue weighted by Gasteiger charge is 2.19. The number of hydrogen-bond donors (Lipinski definition) is 1. The standard InChI is InChI=1S/C27H26N4O2/c1-19-9-11-22(12-10-19)26-25(18-31(29-26)17-21-7-5-4-6-8-21)27(33)28-23-13-15-24(16-14-23)30(3)20(2)32/h4-16,18H,17H2,1-3H3,(H,28,33). The molecule has 0 saturated heterocycles. The second-order valence-electron chi connectivity index (χ2n) is 8.02. The van der Waals surface area contributed by atoms with Crippen LogP contribution >= 0.6 is 0 Å². The average Bonchev–Trinajstić information content (AvgIpc) is 3.24. The monoisotopic (exact) mass is 438 g/mol. The number of rotatable bonds is 6. The van der Waals surface area contributed by atoms with Crippen LogP contribution < -0.4 is 10.2 Å². The van der Waals surface area contributed by atoms with Crippen LogP contribution in [-0.4, -0.2) is 28.6 Å². The molecule has 0 atom stereocenters. The van der Waals surface area contributed by atoms with Crippen LogP contribution in [0.4, 0.5) is 11.4 Å². The van der Waals surface area contributed by atoms with E-state index in [4.69, 9.17) is 5.10 Å². The Morgan fingerprint density at radius 2 is 1.61 bits per heavy atom. The molecule has 1 aromatic heterocycles. The summed E-state index contributed by atoms with van der Waals surface area (Å²) in [7, 11) is 1.71. The molecule has 0 aliphatic heterocycles. The number of amides is 2. The summed E-state index contributed by atoms with van der Waals surface area (Å²) in [6.07, 6.45) is 1.79. The predicted molar refractivity (Wildman–Crippen MR) is 131 cm³/mol. The van der Waals surface area contributed by atoms with Crippen molar-refractivity contribution < 1.29 is 9.59 Å². The lowest BCUT2D eigenvalue weighted by atomic mass is 10.1. The Morgan fingerprint density at radius 1 is 0.939 bits per heavy atom. The first-order valence-electron chi connectivity index (χ1n) is 10.7. The van der Waals surface area contributed by atoms with E-state index in [2.05, 4.69) is 5.32 Å². The number of aromatic nitrogens is 2. The zero-order valence-corrected chi connectivity index (χ0v) is 18.9. The molecule has 0 aliphatic rings. The molecular formula is C27H26N4O2. The number of nitrogens with zero attached hydrogens (tertiary/aromatic N) is 3. The summed E-state index contributed by atoms with van der Waals surface area (Å²) in [5, 5.41) is 7.69. The summed E-state index contributed by atoms with van der Waals surface area (Å²) in [5.74, 6) is -0.294. The zero-order valence-electron chi connectivity index (χ0n) is 18.9. The van der Waals surface area contributed by atoms with Gasteiger partial charge >= 0.3 is 0 Å². The quantitative estimate of drug-likeness (QED) is 0.453. The molecule has 4 rings (SSSR count). The smallest absolute Gasteiger partial charge is 0.259 e. The lowest BCUT2D eigenvalue weighted by Crippen LogP contribution is -2.22. The Hall–Kier alpha value is -4.19. The number of nitrogens with one attached hydrogen (secondary N) is 1. The van der Waals surface area contributed by atoms with Crippen LogP contribution in [0.3, 0.4) is 0 Å². The van der Waals surface area contributed by atoms with Crippen LogP contribution in [0.5, 0.6) is 0 Å². The Balaban J connectivity index is 1.62. The molecule has 0 unspecified atom stereocenters. The van der Waals surface area contributed by atoms with Gasteiger partial charge in [-0.1, -0.05) is 60.2 Å². The number of benzene rings is 3. The molecule has 2 amide bonds. The molecule has 0 spiro atoms. The van der Waals surface area contributed by atoms with Gasteiger partial charge in [-0.3, -0.25) is 14.3 Å². The summed E-state index contributed by atoms with van der Waals surface area (Å²) in [4.78, 5) is 26.4. The van der Waals surface area contributed by atoms with Gasteiger partial charge in [-0.2, -0.15) is 5.10 Å². The molecule has 0 bridgehead atoms. The minimum absolute atomic E-state index is 0.0552. The van der Waals surface area contributed by atoms with Crippen LogP contribution in [-0.2, 0) is 11.3 Å². The second kappa shape index (κ2) is 9.53. The second-order valence-corrected chi connectivity index (χ2v) is 8.02. The number of hydrogen-bond acceptors (Lipinski definition) is 3. The van der Waals surface area contributed by atoms with Gasteiger partial charge in [0, 0.05) is 37.1 Å². The van der Waals surface area contributed by atoms with Crippen LogP contribution in [0.15, 0.2) is 85.1 Å². The van der Waals surface area contributed by atoms with Crippen LogP contribution in [0.25, 0.3) is 11.3 Å². The van der Waals surface area contributed by atoms with Crippen molar-refractivity contribution in [1.82, 2.24) is 9.78 Å². The lowest BCUT2D eigenvalue weighted by Gasteiger charge is -2.15. The SMILES string of the molecule is CC(=O)N(C)c1ccc(NC(=O)c2cn(Cc3ccccc3)nc2-c2ccc(C)cc2)cc1. The van der Waals surface area contributed by atoms with E-state index in [9.17, 15) is 9.59 Å². The van der Waals surface area contributed by atoms with Gasteiger partial charge in [-0.15, -0.1) is 0 Å². The highest BCUT2D eigenvalue weighted by Crippen LogP contribution is 2.25. The number of aryl methyl sites for hydroxylation is 1. The van der Waals surface area contributed by atoms with Crippen molar-refractivity contribution in [3.8, 4) is 11.3 Å². The van der Waals surface area contributed by atoms with Gasteiger partial charge in [0.15, 0.2) is 0 Å². The number of carbonyl (C=O) groups excluding carboxylic acids is 2. The molecule has 4 aromatic rings. The molecule has 0 radical (unpaired) electrons. The normalized spacial score (nSPS) is 10.6. The average molecular weight is 439 g/mol. The molecule has 166 valence electrons. The lowest BCUT2D eigenvalue weighted by molar-refractivity contribution is -0.116. The fourth-order valence-corrected chi connectivity index (χ4v) is 3.51.